The van der Waals surface area contributed by atoms with Gasteiger partial charge in [0, 0.05) is 30.1 Å². The van der Waals surface area contributed by atoms with Gasteiger partial charge in [-0.05, 0) is 50.9 Å². The minimum Gasteiger partial charge on any atom is -0.495 e. The monoisotopic (exact) mass is 374 g/mol. The van der Waals surface area contributed by atoms with Crippen LogP contribution in [-0.2, 0) is 9.53 Å². The van der Waals surface area contributed by atoms with Gasteiger partial charge in [-0.2, -0.15) is 0 Å². The molecule has 4 rings (SSSR count). The fraction of sp³-hybridized carbons (Fsp3) is 0.783. The molecular formula is C23H34O4. The SMILES string of the molecule is C=C(C)O[C@H]1CC[C@@]2(C)C(=C[C@H](O)C3C2C(=O)C[C@@]2(C)C3CC[C@]2(C)O)C1. The minimum atomic E-state index is -0.837. The number of fused-ring (bicyclic) bond motifs is 5. The fourth-order valence-electron chi connectivity index (χ4n) is 7.03. The minimum absolute atomic E-state index is 0.0850. The molecule has 0 heterocycles. The molecule has 150 valence electrons. The van der Waals surface area contributed by atoms with E-state index in [9.17, 15) is 15.0 Å². The van der Waals surface area contributed by atoms with E-state index >= 15 is 0 Å². The largest absolute Gasteiger partial charge is 0.495 e. The summed E-state index contributed by atoms with van der Waals surface area (Å²) in [5.74, 6) is 0.899. The highest BCUT2D eigenvalue weighted by molar-refractivity contribution is 5.85. The number of carbonyl (C=O) groups excluding carboxylic acids is 1. The van der Waals surface area contributed by atoms with Gasteiger partial charge in [0.25, 0.3) is 0 Å². The lowest BCUT2D eigenvalue weighted by atomic mass is 9.46. The van der Waals surface area contributed by atoms with Crippen molar-refractivity contribution in [3.8, 4) is 0 Å². The summed E-state index contributed by atoms with van der Waals surface area (Å²) in [7, 11) is 0. The smallest absolute Gasteiger partial charge is 0.137 e. The normalized spacial score (nSPS) is 51.7. The number of aliphatic hydroxyl groups is 2. The van der Waals surface area contributed by atoms with Crippen molar-refractivity contribution >= 4 is 5.78 Å². The number of rotatable bonds is 2. The van der Waals surface area contributed by atoms with Gasteiger partial charge in [0.2, 0.25) is 0 Å². The molecule has 0 aromatic carbocycles. The number of allylic oxidation sites excluding steroid dienone is 1. The third kappa shape index (κ3) is 2.59. The summed E-state index contributed by atoms with van der Waals surface area (Å²) < 4.78 is 5.86. The Morgan fingerprint density at radius 1 is 1.26 bits per heavy atom. The molecule has 0 amide bonds. The third-order valence-corrected chi connectivity index (χ3v) is 8.72. The summed E-state index contributed by atoms with van der Waals surface area (Å²) in [6.07, 6.45) is 6.06. The van der Waals surface area contributed by atoms with Crippen molar-refractivity contribution in [1.82, 2.24) is 0 Å². The van der Waals surface area contributed by atoms with Crippen LogP contribution < -0.4 is 0 Å². The molecule has 8 atom stereocenters. The van der Waals surface area contributed by atoms with Crippen LogP contribution in [0.15, 0.2) is 24.0 Å². The highest BCUT2D eigenvalue weighted by Gasteiger charge is 2.66. The molecule has 3 fully saturated rings. The predicted octanol–water partition coefficient (Wildman–Crippen LogP) is 3.77. The van der Waals surface area contributed by atoms with E-state index in [1.807, 2.05) is 19.9 Å². The Hall–Kier alpha value is -1.13. The van der Waals surface area contributed by atoms with E-state index in [1.165, 1.54) is 5.57 Å². The first-order chi connectivity index (χ1) is 12.5. The Kier molecular flexibility index (Phi) is 4.22. The zero-order valence-corrected chi connectivity index (χ0v) is 17.1. The van der Waals surface area contributed by atoms with E-state index in [0.717, 1.165) is 31.4 Å². The highest BCUT2D eigenvalue weighted by atomic mass is 16.5. The van der Waals surface area contributed by atoms with Crippen LogP contribution >= 0.6 is 0 Å². The number of ether oxygens (including phenoxy) is 1. The summed E-state index contributed by atoms with van der Waals surface area (Å²) >= 11 is 0. The summed E-state index contributed by atoms with van der Waals surface area (Å²) in [6.45, 7) is 11.9. The Morgan fingerprint density at radius 3 is 2.63 bits per heavy atom. The van der Waals surface area contributed by atoms with Crippen molar-refractivity contribution in [3.05, 3.63) is 24.0 Å². The van der Waals surface area contributed by atoms with E-state index in [-0.39, 0.29) is 35.1 Å². The van der Waals surface area contributed by atoms with Gasteiger partial charge >= 0.3 is 0 Å². The molecule has 0 aromatic heterocycles. The second-order valence-corrected chi connectivity index (χ2v) is 10.3. The molecule has 2 N–H and O–H groups in total. The van der Waals surface area contributed by atoms with Crippen LogP contribution in [0.25, 0.3) is 0 Å². The van der Waals surface area contributed by atoms with Crippen molar-refractivity contribution in [3.63, 3.8) is 0 Å². The van der Waals surface area contributed by atoms with Crippen molar-refractivity contribution in [2.24, 2.45) is 28.6 Å². The van der Waals surface area contributed by atoms with E-state index in [0.29, 0.717) is 12.8 Å². The fourth-order valence-corrected chi connectivity index (χ4v) is 7.03. The zero-order chi connectivity index (χ0) is 19.8. The van der Waals surface area contributed by atoms with Crippen LogP contribution in [0, 0.1) is 28.6 Å². The molecule has 0 spiro atoms. The van der Waals surface area contributed by atoms with Crippen LogP contribution in [0.1, 0.15) is 66.2 Å². The van der Waals surface area contributed by atoms with Gasteiger partial charge in [-0.1, -0.05) is 32.1 Å². The van der Waals surface area contributed by atoms with Gasteiger partial charge in [-0.3, -0.25) is 4.79 Å². The quantitative estimate of drug-likeness (QED) is 0.570. The molecule has 4 aliphatic rings. The molecule has 0 saturated heterocycles. The summed E-state index contributed by atoms with van der Waals surface area (Å²) in [4.78, 5) is 13.4. The average Bonchev–Trinajstić information content (AvgIpc) is 2.78. The van der Waals surface area contributed by atoms with Gasteiger partial charge in [-0.25, -0.2) is 0 Å². The average molecular weight is 375 g/mol. The number of aliphatic hydroxyl groups excluding tert-OH is 1. The number of hydrogen-bond acceptors (Lipinski definition) is 4. The lowest BCUT2D eigenvalue weighted by Gasteiger charge is -2.58. The second-order valence-electron chi connectivity index (χ2n) is 10.3. The lowest BCUT2D eigenvalue weighted by molar-refractivity contribution is -0.164. The maximum Gasteiger partial charge on any atom is 0.137 e. The number of ketones is 1. The molecule has 3 saturated carbocycles. The molecule has 27 heavy (non-hydrogen) atoms. The Bertz CT molecular complexity index is 707. The van der Waals surface area contributed by atoms with E-state index in [2.05, 4.69) is 20.4 Å². The molecule has 3 unspecified atom stereocenters. The van der Waals surface area contributed by atoms with E-state index < -0.39 is 17.1 Å². The summed E-state index contributed by atoms with van der Waals surface area (Å²) in [5, 5.41) is 22.1. The number of hydrogen-bond donors (Lipinski definition) is 2. The maximum atomic E-state index is 13.4. The van der Waals surface area contributed by atoms with Crippen molar-refractivity contribution in [2.45, 2.75) is 84.0 Å². The third-order valence-electron chi connectivity index (χ3n) is 8.72. The molecule has 0 aliphatic heterocycles. The van der Waals surface area contributed by atoms with Crippen LogP contribution in [0.5, 0.6) is 0 Å². The van der Waals surface area contributed by atoms with Crippen LogP contribution in [0.2, 0.25) is 0 Å². The van der Waals surface area contributed by atoms with Crippen molar-refractivity contribution in [2.75, 3.05) is 0 Å². The molecule has 4 heteroatoms. The number of Topliss-reactive ketones (excluding diaryl/α,β-unsaturated/α-hetero) is 1. The summed E-state index contributed by atoms with van der Waals surface area (Å²) in [6, 6.07) is 0. The molecule has 4 aliphatic carbocycles. The number of carbonyl (C=O) groups is 1. The first-order valence-corrected chi connectivity index (χ1v) is 10.5. The van der Waals surface area contributed by atoms with Gasteiger partial charge in [0.1, 0.15) is 11.9 Å². The van der Waals surface area contributed by atoms with Crippen LogP contribution in [-0.4, -0.2) is 33.8 Å². The molecule has 0 bridgehead atoms. The summed E-state index contributed by atoms with van der Waals surface area (Å²) in [5.41, 5.74) is -0.300. The first-order valence-electron chi connectivity index (χ1n) is 10.5. The molecule has 0 radical (unpaired) electrons. The predicted molar refractivity (Wildman–Crippen MR) is 104 cm³/mol. The van der Waals surface area contributed by atoms with Crippen molar-refractivity contribution in [1.29, 1.82) is 0 Å². The van der Waals surface area contributed by atoms with Crippen molar-refractivity contribution < 1.29 is 19.7 Å². The standard InChI is InChI=1S/C23H34O4/c1-13(2)27-15-6-8-21(3)14(10-15)11-17(24)19-16-7-9-23(5,26)22(16,4)12-18(25)20(19)21/h11,15-17,19-20,24,26H,1,6-10,12H2,2-5H3/t15-,16?,17-,19?,20?,21-,22-,23-/m0/s1. The second kappa shape index (κ2) is 5.93. The first kappa shape index (κ1) is 19.2. The van der Waals surface area contributed by atoms with Crippen LogP contribution in [0.4, 0.5) is 0 Å². The Morgan fingerprint density at radius 2 is 1.96 bits per heavy atom. The Labute approximate surface area is 162 Å². The van der Waals surface area contributed by atoms with E-state index in [4.69, 9.17) is 4.74 Å². The zero-order valence-electron chi connectivity index (χ0n) is 17.1. The lowest BCUT2D eigenvalue weighted by Crippen LogP contribution is -2.60. The van der Waals surface area contributed by atoms with E-state index in [1.54, 1.807) is 0 Å². The highest BCUT2D eigenvalue weighted by Crippen LogP contribution is 2.66. The molecule has 4 nitrogen and oxygen atoms in total. The van der Waals surface area contributed by atoms with Gasteiger partial charge < -0.3 is 14.9 Å². The molecule has 0 aromatic rings. The Balaban J connectivity index is 1.71. The van der Waals surface area contributed by atoms with Gasteiger partial charge in [0.05, 0.1) is 17.5 Å². The van der Waals surface area contributed by atoms with Crippen LogP contribution in [0.3, 0.4) is 0 Å². The topological polar surface area (TPSA) is 66.8 Å². The van der Waals surface area contributed by atoms with Gasteiger partial charge in [-0.15, -0.1) is 0 Å². The maximum absolute atomic E-state index is 13.4. The van der Waals surface area contributed by atoms with Gasteiger partial charge in [0.15, 0.2) is 0 Å². The molecular weight excluding hydrogens is 340 g/mol.